The highest BCUT2D eigenvalue weighted by Gasteiger charge is 2.12. The summed E-state index contributed by atoms with van der Waals surface area (Å²) in [4.78, 5) is 17.1. The Morgan fingerprint density at radius 1 is 1.00 bits per heavy atom. The maximum Gasteiger partial charge on any atom is 0.230 e. The number of amides is 1. The van der Waals surface area contributed by atoms with Crippen LogP contribution in [0.5, 0.6) is 0 Å². The number of nitrogens with one attached hydrogen (secondary N) is 1. The van der Waals surface area contributed by atoms with Crippen LogP contribution in [0.25, 0.3) is 32.1 Å². The van der Waals surface area contributed by atoms with Crippen LogP contribution < -0.4 is 5.32 Å². The summed E-state index contributed by atoms with van der Waals surface area (Å²) in [6.07, 6.45) is 0.0731. The fourth-order valence-electron chi connectivity index (χ4n) is 3.37. The quantitative estimate of drug-likeness (QED) is 0.349. The van der Waals surface area contributed by atoms with Crippen molar-refractivity contribution in [2.24, 2.45) is 0 Å². The summed E-state index contributed by atoms with van der Waals surface area (Å²) in [7, 11) is 0. The molecule has 0 aliphatic heterocycles. The van der Waals surface area contributed by atoms with Crippen LogP contribution in [0, 0.1) is 12.7 Å². The molecule has 0 aliphatic carbocycles. The molecule has 2 heterocycles. The minimum Gasteiger partial charge on any atom is -0.356 e. The van der Waals surface area contributed by atoms with E-state index in [4.69, 9.17) is 9.51 Å². The van der Waals surface area contributed by atoms with Crippen LogP contribution in [-0.4, -0.2) is 16.0 Å². The standard InChI is InChI=1S/C25H18FN3O2S/c1-15-2-11-21-23(12-15)32-25(28-21)17-5-9-19(10-6-17)27-24(30)14-20-13-22(31-29-20)16-3-7-18(26)8-4-16/h2-13H,14H2,1H3,(H,27,30). The van der Waals surface area contributed by atoms with Crippen LogP contribution in [0.2, 0.25) is 0 Å². The first-order chi connectivity index (χ1) is 15.5. The molecule has 5 rings (SSSR count). The molecule has 0 saturated carbocycles. The number of hydrogen-bond acceptors (Lipinski definition) is 5. The molecule has 0 spiro atoms. The summed E-state index contributed by atoms with van der Waals surface area (Å²) < 4.78 is 19.5. The van der Waals surface area contributed by atoms with Crippen molar-refractivity contribution in [3.63, 3.8) is 0 Å². The molecule has 0 bridgehead atoms. The Morgan fingerprint density at radius 2 is 1.75 bits per heavy atom. The van der Waals surface area contributed by atoms with E-state index in [2.05, 4.69) is 29.5 Å². The summed E-state index contributed by atoms with van der Waals surface area (Å²) in [5.41, 5.74) is 5.10. The molecule has 2 aromatic heterocycles. The van der Waals surface area contributed by atoms with Gasteiger partial charge in [0.2, 0.25) is 5.91 Å². The predicted molar refractivity (Wildman–Crippen MR) is 124 cm³/mol. The van der Waals surface area contributed by atoms with Gasteiger partial charge in [-0.05, 0) is 73.2 Å². The number of carbonyl (C=O) groups is 1. The van der Waals surface area contributed by atoms with E-state index in [1.807, 2.05) is 30.3 Å². The van der Waals surface area contributed by atoms with Gasteiger partial charge in [0, 0.05) is 22.9 Å². The molecule has 0 saturated heterocycles. The summed E-state index contributed by atoms with van der Waals surface area (Å²) >= 11 is 1.65. The normalized spacial score (nSPS) is 11.1. The molecule has 1 N–H and O–H groups in total. The lowest BCUT2D eigenvalue weighted by molar-refractivity contribution is -0.115. The first kappa shape index (κ1) is 20.1. The Labute approximate surface area is 187 Å². The smallest absolute Gasteiger partial charge is 0.230 e. The number of halogens is 1. The average Bonchev–Trinajstić information content (AvgIpc) is 3.41. The van der Waals surface area contributed by atoms with E-state index in [0.29, 0.717) is 22.7 Å². The summed E-state index contributed by atoms with van der Waals surface area (Å²) in [5.74, 6) is -0.0348. The van der Waals surface area contributed by atoms with Gasteiger partial charge in [-0.15, -0.1) is 11.3 Å². The Morgan fingerprint density at radius 3 is 2.53 bits per heavy atom. The zero-order valence-electron chi connectivity index (χ0n) is 17.1. The van der Waals surface area contributed by atoms with Gasteiger partial charge in [-0.1, -0.05) is 11.2 Å². The van der Waals surface area contributed by atoms with E-state index >= 15 is 0 Å². The number of hydrogen-bond donors (Lipinski definition) is 1. The Balaban J connectivity index is 1.24. The lowest BCUT2D eigenvalue weighted by atomic mass is 10.1. The van der Waals surface area contributed by atoms with Crippen molar-refractivity contribution in [1.82, 2.24) is 10.1 Å². The molecule has 5 nitrogen and oxygen atoms in total. The van der Waals surface area contributed by atoms with Crippen molar-refractivity contribution in [2.45, 2.75) is 13.3 Å². The van der Waals surface area contributed by atoms with Crippen LogP contribution in [0.3, 0.4) is 0 Å². The number of rotatable bonds is 5. The van der Waals surface area contributed by atoms with Gasteiger partial charge in [0.25, 0.3) is 0 Å². The predicted octanol–water partition coefficient (Wildman–Crippen LogP) is 6.25. The van der Waals surface area contributed by atoms with E-state index in [1.165, 1.54) is 17.7 Å². The third-order valence-electron chi connectivity index (χ3n) is 4.99. The number of nitrogens with zero attached hydrogens (tertiary/aromatic N) is 2. The largest absolute Gasteiger partial charge is 0.356 e. The number of carbonyl (C=O) groups excluding carboxylic acids is 1. The van der Waals surface area contributed by atoms with E-state index in [9.17, 15) is 9.18 Å². The van der Waals surface area contributed by atoms with E-state index in [0.717, 1.165) is 20.8 Å². The Kier molecular flexibility index (Phi) is 5.25. The maximum absolute atomic E-state index is 13.1. The highest BCUT2D eigenvalue weighted by atomic mass is 32.1. The van der Waals surface area contributed by atoms with E-state index < -0.39 is 0 Å². The molecule has 32 heavy (non-hydrogen) atoms. The topological polar surface area (TPSA) is 68.0 Å². The molecule has 7 heteroatoms. The maximum atomic E-state index is 13.1. The minimum atomic E-state index is -0.322. The highest BCUT2D eigenvalue weighted by molar-refractivity contribution is 7.21. The lowest BCUT2D eigenvalue weighted by Crippen LogP contribution is -2.14. The van der Waals surface area contributed by atoms with Crippen molar-refractivity contribution in [1.29, 1.82) is 0 Å². The lowest BCUT2D eigenvalue weighted by Gasteiger charge is -2.04. The highest BCUT2D eigenvalue weighted by Crippen LogP contribution is 2.31. The van der Waals surface area contributed by atoms with Gasteiger partial charge in [-0.25, -0.2) is 9.37 Å². The number of anilines is 1. The third-order valence-corrected chi connectivity index (χ3v) is 6.06. The molecule has 0 radical (unpaired) electrons. The van der Waals surface area contributed by atoms with Gasteiger partial charge in [0.15, 0.2) is 5.76 Å². The van der Waals surface area contributed by atoms with E-state index in [-0.39, 0.29) is 18.1 Å². The second kappa shape index (κ2) is 8.36. The first-order valence-electron chi connectivity index (χ1n) is 10.0. The first-order valence-corrected chi connectivity index (χ1v) is 10.8. The molecule has 0 unspecified atom stereocenters. The van der Waals surface area contributed by atoms with Gasteiger partial charge >= 0.3 is 0 Å². The molecule has 0 atom stereocenters. The van der Waals surface area contributed by atoms with Crippen LogP contribution in [0.1, 0.15) is 11.3 Å². The number of fused-ring (bicyclic) bond motifs is 1. The monoisotopic (exact) mass is 443 g/mol. The zero-order valence-corrected chi connectivity index (χ0v) is 17.9. The molecule has 0 aliphatic rings. The minimum absolute atomic E-state index is 0.0731. The second-order valence-electron chi connectivity index (χ2n) is 7.48. The third kappa shape index (κ3) is 4.29. The van der Waals surface area contributed by atoms with Crippen LogP contribution in [-0.2, 0) is 11.2 Å². The number of benzene rings is 3. The van der Waals surface area contributed by atoms with Crippen molar-refractivity contribution in [3.8, 4) is 21.9 Å². The van der Waals surface area contributed by atoms with Gasteiger partial charge in [-0.3, -0.25) is 4.79 Å². The Bertz CT molecular complexity index is 1410. The van der Waals surface area contributed by atoms with E-state index in [1.54, 1.807) is 29.5 Å². The molecule has 3 aromatic carbocycles. The van der Waals surface area contributed by atoms with Crippen molar-refractivity contribution in [3.05, 3.63) is 89.9 Å². The number of aromatic nitrogens is 2. The molecular weight excluding hydrogens is 425 g/mol. The zero-order chi connectivity index (χ0) is 22.1. The second-order valence-corrected chi connectivity index (χ2v) is 8.51. The fourth-order valence-corrected chi connectivity index (χ4v) is 4.44. The molecule has 5 aromatic rings. The SMILES string of the molecule is Cc1ccc2nc(-c3ccc(NC(=O)Cc4cc(-c5ccc(F)cc5)on4)cc3)sc2c1. The summed E-state index contributed by atoms with van der Waals surface area (Å²) in [5, 5.41) is 7.76. The van der Waals surface area contributed by atoms with Crippen molar-refractivity contribution in [2.75, 3.05) is 5.32 Å². The molecule has 1 amide bonds. The van der Waals surface area contributed by atoms with Crippen LogP contribution >= 0.6 is 11.3 Å². The molecular formula is C25H18FN3O2S. The van der Waals surface area contributed by atoms with Crippen LogP contribution in [0.15, 0.2) is 77.3 Å². The van der Waals surface area contributed by atoms with Gasteiger partial charge < -0.3 is 9.84 Å². The van der Waals surface area contributed by atoms with Crippen molar-refractivity contribution < 1.29 is 13.7 Å². The Hall–Kier alpha value is -3.84. The summed E-state index contributed by atoms with van der Waals surface area (Å²) in [6.45, 7) is 2.07. The van der Waals surface area contributed by atoms with Crippen LogP contribution in [0.4, 0.5) is 10.1 Å². The summed E-state index contributed by atoms with van der Waals surface area (Å²) in [6, 6.07) is 21.4. The van der Waals surface area contributed by atoms with Gasteiger partial charge in [0.05, 0.1) is 22.3 Å². The molecule has 0 fully saturated rings. The average molecular weight is 444 g/mol. The number of thiazole rings is 1. The van der Waals surface area contributed by atoms with Gasteiger partial charge in [-0.2, -0.15) is 0 Å². The van der Waals surface area contributed by atoms with Crippen molar-refractivity contribution >= 4 is 33.1 Å². The molecule has 158 valence electrons. The van der Waals surface area contributed by atoms with Gasteiger partial charge in [0.1, 0.15) is 10.8 Å². The number of aryl methyl sites for hydroxylation is 1. The fraction of sp³-hybridized carbons (Fsp3) is 0.0800.